The Morgan fingerprint density at radius 1 is 1.41 bits per heavy atom. The molecule has 0 fully saturated rings. The number of carboxylic acid groups (broad SMARTS) is 1. The van der Waals surface area contributed by atoms with Crippen molar-refractivity contribution < 1.29 is 14.7 Å². The van der Waals surface area contributed by atoms with Crippen LogP contribution in [0.1, 0.15) is 17.5 Å². The van der Waals surface area contributed by atoms with Gasteiger partial charge in [0, 0.05) is 11.4 Å². The highest BCUT2D eigenvalue weighted by molar-refractivity contribution is 6.30. The average molecular weight is 254 g/mol. The Labute approximate surface area is 104 Å². The van der Waals surface area contributed by atoms with Gasteiger partial charge < -0.3 is 10.8 Å². The molecule has 5 heteroatoms. The molecule has 1 aromatic carbocycles. The summed E-state index contributed by atoms with van der Waals surface area (Å²) in [6, 6.07) is 4.93. The van der Waals surface area contributed by atoms with Gasteiger partial charge >= 0.3 is 5.97 Å². The zero-order valence-corrected chi connectivity index (χ0v) is 9.78. The summed E-state index contributed by atoms with van der Waals surface area (Å²) in [5, 5.41) is 9.26. The lowest BCUT2D eigenvalue weighted by atomic mass is 10.0. The van der Waals surface area contributed by atoms with E-state index in [1.807, 2.05) is 0 Å². The predicted molar refractivity (Wildman–Crippen MR) is 65.6 cm³/mol. The van der Waals surface area contributed by atoms with Gasteiger partial charge in [0.2, 0.25) is 5.91 Å². The largest absolute Gasteiger partial charge is 0.481 e. The first-order chi connectivity index (χ1) is 7.99. The summed E-state index contributed by atoms with van der Waals surface area (Å²) in [7, 11) is 0. The van der Waals surface area contributed by atoms with Crippen molar-refractivity contribution in [3.8, 4) is 0 Å². The standard InChI is InChI=1S/C12H12ClNO3/c13-10-5-4-9(7-12(16)17)8(6-10)2-1-3-11(14)15/h1-2,4-6H,3,7H2,(H2,14,15)(H,16,17). The Morgan fingerprint density at radius 2 is 2.12 bits per heavy atom. The van der Waals surface area contributed by atoms with E-state index in [0.717, 1.165) is 0 Å². The minimum Gasteiger partial charge on any atom is -0.481 e. The number of carbonyl (C=O) groups excluding carboxylic acids is 1. The monoisotopic (exact) mass is 253 g/mol. The van der Waals surface area contributed by atoms with Crippen molar-refractivity contribution >= 4 is 29.6 Å². The number of hydrogen-bond acceptors (Lipinski definition) is 2. The second-order valence-corrected chi connectivity index (χ2v) is 3.92. The number of amides is 1. The van der Waals surface area contributed by atoms with E-state index >= 15 is 0 Å². The number of hydrogen-bond donors (Lipinski definition) is 2. The highest BCUT2D eigenvalue weighted by atomic mass is 35.5. The van der Waals surface area contributed by atoms with E-state index in [1.165, 1.54) is 0 Å². The lowest BCUT2D eigenvalue weighted by Gasteiger charge is -2.04. The van der Waals surface area contributed by atoms with Crippen LogP contribution in [0.15, 0.2) is 24.3 Å². The van der Waals surface area contributed by atoms with Gasteiger partial charge in [-0.25, -0.2) is 0 Å². The van der Waals surface area contributed by atoms with E-state index in [2.05, 4.69) is 0 Å². The fourth-order valence-corrected chi connectivity index (χ4v) is 1.53. The fourth-order valence-electron chi connectivity index (χ4n) is 1.35. The van der Waals surface area contributed by atoms with Crippen molar-refractivity contribution in [1.29, 1.82) is 0 Å². The second kappa shape index (κ2) is 6.06. The predicted octanol–water partition coefficient (Wildman–Crippen LogP) is 1.86. The van der Waals surface area contributed by atoms with Crippen molar-refractivity contribution in [3.63, 3.8) is 0 Å². The van der Waals surface area contributed by atoms with Crippen LogP contribution in [0.25, 0.3) is 6.08 Å². The molecular formula is C12H12ClNO3. The number of carboxylic acids is 1. The molecule has 90 valence electrons. The number of halogens is 1. The van der Waals surface area contributed by atoms with Gasteiger partial charge in [0.05, 0.1) is 6.42 Å². The molecule has 0 atom stereocenters. The maximum Gasteiger partial charge on any atom is 0.307 e. The SMILES string of the molecule is NC(=O)CC=Cc1cc(Cl)ccc1CC(=O)O. The minimum absolute atomic E-state index is 0.0899. The Balaban J connectivity index is 2.94. The summed E-state index contributed by atoms with van der Waals surface area (Å²) in [6.45, 7) is 0. The van der Waals surface area contributed by atoms with Crippen LogP contribution in [0.2, 0.25) is 5.02 Å². The van der Waals surface area contributed by atoms with Gasteiger partial charge in [-0.3, -0.25) is 9.59 Å². The van der Waals surface area contributed by atoms with E-state index in [1.54, 1.807) is 30.4 Å². The highest BCUT2D eigenvalue weighted by Crippen LogP contribution is 2.18. The fraction of sp³-hybridized carbons (Fsp3) is 0.167. The van der Waals surface area contributed by atoms with Crippen LogP contribution in [0, 0.1) is 0 Å². The number of rotatable bonds is 5. The molecule has 1 aromatic rings. The first-order valence-corrected chi connectivity index (χ1v) is 5.32. The zero-order valence-electron chi connectivity index (χ0n) is 9.02. The van der Waals surface area contributed by atoms with Crippen molar-refractivity contribution in [1.82, 2.24) is 0 Å². The van der Waals surface area contributed by atoms with Gasteiger partial charge in [-0.1, -0.05) is 29.8 Å². The van der Waals surface area contributed by atoms with Crippen LogP contribution < -0.4 is 5.73 Å². The maximum absolute atomic E-state index is 10.7. The third kappa shape index (κ3) is 4.70. The van der Waals surface area contributed by atoms with Crippen molar-refractivity contribution in [2.75, 3.05) is 0 Å². The molecule has 0 aromatic heterocycles. The van der Waals surface area contributed by atoms with E-state index in [0.29, 0.717) is 16.1 Å². The second-order valence-electron chi connectivity index (χ2n) is 3.49. The third-order valence-corrected chi connectivity index (χ3v) is 2.30. The molecule has 0 unspecified atom stereocenters. The lowest BCUT2D eigenvalue weighted by molar-refractivity contribution is -0.136. The van der Waals surface area contributed by atoms with Crippen LogP contribution in [0.3, 0.4) is 0 Å². The van der Waals surface area contributed by atoms with Crippen molar-refractivity contribution in [2.45, 2.75) is 12.8 Å². The first kappa shape index (κ1) is 13.3. The summed E-state index contributed by atoms with van der Waals surface area (Å²) in [5.41, 5.74) is 6.32. The van der Waals surface area contributed by atoms with E-state index in [-0.39, 0.29) is 12.8 Å². The van der Waals surface area contributed by atoms with Crippen LogP contribution in [-0.4, -0.2) is 17.0 Å². The number of primary amides is 1. The van der Waals surface area contributed by atoms with E-state index in [4.69, 9.17) is 22.4 Å². The van der Waals surface area contributed by atoms with Crippen LogP contribution >= 0.6 is 11.6 Å². The van der Waals surface area contributed by atoms with Gasteiger partial charge in [-0.05, 0) is 23.3 Å². The minimum atomic E-state index is -0.920. The molecule has 0 radical (unpaired) electrons. The number of benzene rings is 1. The van der Waals surface area contributed by atoms with Crippen molar-refractivity contribution in [3.05, 3.63) is 40.4 Å². The number of aliphatic carboxylic acids is 1. The molecular weight excluding hydrogens is 242 g/mol. The topological polar surface area (TPSA) is 80.4 Å². The molecule has 0 saturated heterocycles. The van der Waals surface area contributed by atoms with Gasteiger partial charge in [0.15, 0.2) is 0 Å². The zero-order chi connectivity index (χ0) is 12.8. The molecule has 0 saturated carbocycles. The number of carbonyl (C=O) groups is 2. The summed E-state index contributed by atoms with van der Waals surface area (Å²) in [4.78, 5) is 21.2. The summed E-state index contributed by atoms with van der Waals surface area (Å²) in [5.74, 6) is -1.36. The third-order valence-electron chi connectivity index (χ3n) is 2.07. The molecule has 0 spiro atoms. The normalized spacial score (nSPS) is 10.6. The van der Waals surface area contributed by atoms with Crippen LogP contribution in [-0.2, 0) is 16.0 Å². The van der Waals surface area contributed by atoms with Crippen LogP contribution in [0.5, 0.6) is 0 Å². The van der Waals surface area contributed by atoms with Gasteiger partial charge in [0.1, 0.15) is 0 Å². The van der Waals surface area contributed by atoms with Crippen molar-refractivity contribution in [2.24, 2.45) is 5.73 Å². The summed E-state index contributed by atoms with van der Waals surface area (Å²) in [6.07, 6.45) is 3.25. The van der Waals surface area contributed by atoms with Gasteiger partial charge in [0.25, 0.3) is 0 Å². The number of nitrogens with two attached hydrogens (primary N) is 1. The first-order valence-electron chi connectivity index (χ1n) is 4.94. The lowest BCUT2D eigenvalue weighted by Crippen LogP contribution is -2.08. The Hall–Kier alpha value is -1.81. The molecule has 1 rings (SSSR count). The summed E-state index contributed by atoms with van der Waals surface area (Å²) >= 11 is 5.82. The maximum atomic E-state index is 10.7. The van der Waals surface area contributed by atoms with Crippen LogP contribution in [0.4, 0.5) is 0 Å². The molecule has 0 heterocycles. The molecule has 1 amide bonds. The molecule has 0 bridgehead atoms. The molecule has 4 nitrogen and oxygen atoms in total. The highest BCUT2D eigenvalue weighted by Gasteiger charge is 2.05. The molecule has 0 aliphatic heterocycles. The van der Waals surface area contributed by atoms with Gasteiger partial charge in [-0.15, -0.1) is 0 Å². The summed E-state index contributed by atoms with van der Waals surface area (Å²) < 4.78 is 0. The van der Waals surface area contributed by atoms with Gasteiger partial charge in [-0.2, -0.15) is 0 Å². The molecule has 3 N–H and O–H groups in total. The smallest absolute Gasteiger partial charge is 0.307 e. The molecule has 0 aliphatic rings. The van der Waals surface area contributed by atoms with E-state index < -0.39 is 11.9 Å². The molecule has 17 heavy (non-hydrogen) atoms. The quantitative estimate of drug-likeness (QED) is 0.840. The average Bonchev–Trinajstić information content (AvgIpc) is 2.21. The Bertz CT molecular complexity index is 469. The molecule has 0 aliphatic carbocycles. The van der Waals surface area contributed by atoms with E-state index in [9.17, 15) is 9.59 Å². The Morgan fingerprint density at radius 3 is 2.71 bits per heavy atom. The Kier molecular flexibility index (Phi) is 4.72.